The van der Waals surface area contributed by atoms with Crippen molar-refractivity contribution in [1.29, 1.82) is 0 Å². The van der Waals surface area contributed by atoms with Crippen LogP contribution in [0.15, 0.2) is 53.5 Å². The van der Waals surface area contributed by atoms with Crippen LogP contribution in [0.25, 0.3) is 27.4 Å². The Morgan fingerprint density at radius 1 is 1.08 bits per heavy atom. The second-order valence-corrected chi connectivity index (χ2v) is 10.4. The molecule has 0 aliphatic carbocycles. The number of anilines is 1. The number of morpholine rings is 1. The van der Waals surface area contributed by atoms with E-state index in [1.54, 1.807) is 11.1 Å². The summed E-state index contributed by atoms with van der Waals surface area (Å²) in [6.07, 6.45) is 3.62. The van der Waals surface area contributed by atoms with Gasteiger partial charge >= 0.3 is 0 Å². The number of amides is 1. The van der Waals surface area contributed by atoms with Crippen LogP contribution in [0.2, 0.25) is 0 Å². The van der Waals surface area contributed by atoms with Crippen molar-refractivity contribution in [3.05, 3.63) is 70.3 Å². The molecule has 0 spiro atoms. The molecule has 1 aromatic heterocycles. The quantitative estimate of drug-likeness (QED) is 0.363. The van der Waals surface area contributed by atoms with E-state index in [2.05, 4.69) is 10.6 Å². The number of fused-ring (bicyclic) bond motifs is 4. The largest absolute Gasteiger partial charge is 0.451 e. The van der Waals surface area contributed by atoms with Crippen molar-refractivity contribution in [1.82, 2.24) is 14.8 Å². The summed E-state index contributed by atoms with van der Waals surface area (Å²) in [5.74, 6) is 0.257. The first-order chi connectivity index (χ1) is 19.1. The molecule has 39 heavy (non-hydrogen) atoms. The van der Waals surface area contributed by atoms with Gasteiger partial charge in [0.25, 0.3) is 5.91 Å². The normalized spacial score (nSPS) is 17.2. The SMILES string of the molecule is O=C(c1cn2c3c(c(NCC4CCNCC4)c(F)cc3c1=O)Oc1ccc3ccccc3c1-2)N1CCOCC1. The first kappa shape index (κ1) is 24.1. The number of carbonyl (C=O) groups is 1. The molecule has 200 valence electrons. The van der Waals surface area contributed by atoms with E-state index in [9.17, 15) is 9.59 Å². The summed E-state index contributed by atoms with van der Waals surface area (Å²) >= 11 is 0. The predicted molar refractivity (Wildman–Crippen MR) is 148 cm³/mol. The van der Waals surface area contributed by atoms with Gasteiger partial charge in [-0.05, 0) is 49.4 Å². The molecule has 0 saturated carbocycles. The maximum Gasteiger partial charge on any atom is 0.259 e. The lowest BCUT2D eigenvalue weighted by Crippen LogP contribution is -2.42. The van der Waals surface area contributed by atoms with Crippen LogP contribution in [0, 0.1) is 11.7 Å². The van der Waals surface area contributed by atoms with Crippen LogP contribution >= 0.6 is 0 Å². The van der Waals surface area contributed by atoms with Crippen LogP contribution in [-0.4, -0.2) is 61.3 Å². The fourth-order valence-corrected chi connectivity index (χ4v) is 5.96. The number of benzene rings is 3. The Bertz CT molecular complexity index is 1670. The second kappa shape index (κ2) is 9.66. The van der Waals surface area contributed by atoms with Gasteiger partial charge in [0.1, 0.15) is 16.8 Å². The zero-order valence-electron chi connectivity index (χ0n) is 21.5. The third-order valence-corrected chi connectivity index (χ3v) is 8.07. The lowest BCUT2D eigenvalue weighted by Gasteiger charge is -2.30. The monoisotopic (exact) mass is 528 g/mol. The average molecular weight is 529 g/mol. The number of nitrogens with one attached hydrogen (secondary N) is 2. The van der Waals surface area contributed by atoms with E-state index in [-0.39, 0.29) is 28.3 Å². The molecule has 0 bridgehead atoms. The molecule has 2 N–H and O–H groups in total. The van der Waals surface area contributed by atoms with Gasteiger partial charge in [-0.15, -0.1) is 0 Å². The summed E-state index contributed by atoms with van der Waals surface area (Å²) in [5.41, 5.74) is 0.912. The Balaban J connectivity index is 1.45. The molecule has 3 aliphatic rings. The minimum atomic E-state index is -0.574. The highest BCUT2D eigenvalue weighted by Crippen LogP contribution is 2.47. The number of pyridine rings is 1. The van der Waals surface area contributed by atoms with E-state index in [4.69, 9.17) is 9.47 Å². The summed E-state index contributed by atoms with van der Waals surface area (Å²) in [7, 11) is 0. The first-order valence-corrected chi connectivity index (χ1v) is 13.5. The van der Waals surface area contributed by atoms with Crippen LogP contribution in [0.4, 0.5) is 10.1 Å². The van der Waals surface area contributed by atoms with Crippen LogP contribution in [-0.2, 0) is 4.74 Å². The van der Waals surface area contributed by atoms with Crippen LogP contribution in [0.1, 0.15) is 23.2 Å². The van der Waals surface area contributed by atoms with Gasteiger partial charge in [-0.1, -0.05) is 30.3 Å². The van der Waals surface area contributed by atoms with E-state index < -0.39 is 11.2 Å². The van der Waals surface area contributed by atoms with Crippen LogP contribution < -0.4 is 20.8 Å². The van der Waals surface area contributed by atoms with Crippen molar-refractivity contribution >= 4 is 33.3 Å². The molecule has 0 atom stereocenters. The smallest absolute Gasteiger partial charge is 0.259 e. The minimum Gasteiger partial charge on any atom is -0.451 e. The van der Waals surface area contributed by atoms with Gasteiger partial charge in [0.2, 0.25) is 5.43 Å². The minimum absolute atomic E-state index is 0.00551. The molecule has 9 heteroatoms. The Morgan fingerprint density at radius 3 is 2.69 bits per heavy atom. The highest BCUT2D eigenvalue weighted by molar-refractivity contribution is 6.04. The maximum atomic E-state index is 15.8. The highest BCUT2D eigenvalue weighted by Gasteiger charge is 2.31. The van der Waals surface area contributed by atoms with Gasteiger partial charge in [0.15, 0.2) is 17.3 Å². The van der Waals surface area contributed by atoms with Crippen LogP contribution in [0.3, 0.4) is 0 Å². The molecule has 2 fully saturated rings. The lowest BCUT2D eigenvalue weighted by molar-refractivity contribution is 0.0302. The Kier molecular flexibility index (Phi) is 5.97. The number of nitrogens with zero attached hydrogens (tertiary/aromatic N) is 2. The molecule has 3 aliphatic heterocycles. The Hall–Kier alpha value is -3.95. The Morgan fingerprint density at radius 2 is 1.87 bits per heavy atom. The van der Waals surface area contributed by atoms with E-state index in [0.717, 1.165) is 42.4 Å². The third-order valence-electron chi connectivity index (χ3n) is 8.07. The van der Waals surface area contributed by atoms with Crippen molar-refractivity contribution in [2.75, 3.05) is 51.3 Å². The number of carbonyl (C=O) groups excluding carboxylic acids is 1. The fourth-order valence-electron chi connectivity index (χ4n) is 5.96. The summed E-state index contributed by atoms with van der Waals surface area (Å²) < 4.78 is 29.4. The average Bonchev–Trinajstić information content (AvgIpc) is 2.98. The van der Waals surface area contributed by atoms with Crippen molar-refractivity contribution < 1.29 is 18.7 Å². The first-order valence-electron chi connectivity index (χ1n) is 13.5. The highest BCUT2D eigenvalue weighted by atomic mass is 19.1. The van der Waals surface area contributed by atoms with Crippen molar-refractivity contribution in [2.45, 2.75) is 12.8 Å². The van der Waals surface area contributed by atoms with Crippen molar-refractivity contribution in [2.24, 2.45) is 5.92 Å². The van der Waals surface area contributed by atoms with Crippen LogP contribution in [0.5, 0.6) is 11.5 Å². The van der Waals surface area contributed by atoms with E-state index in [1.165, 1.54) is 6.07 Å². The third kappa shape index (κ3) is 4.04. The van der Waals surface area contributed by atoms with E-state index in [1.807, 2.05) is 41.0 Å². The number of halogens is 1. The lowest BCUT2D eigenvalue weighted by atomic mass is 9.98. The number of rotatable bonds is 4. The molecular formula is C30H29FN4O4. The summed E-state index contributed by atoms with van der Waals surface area (Å²) in [4.78, 5) is 28.9. The standard InChI is InChI=1S/C30H29FN4O4/c31-23-15-21-27-29(25(23)33-16-18-7-9-32-10-8-18)39-24-6-5-19-3-1-2-4-20(19)26(24)35(27)17-22(28(21)36)30(37)34-11-13-38-14-12-34/h1-6,15,17-18,32-33H,7-14,16H2. The molecule has 4 aromatic rings. The number of piperidine rings is 1. The summed E-state index contributed by atoms with van der Waals surface area (Å²) in [6.45, 7) is 4.12. The molecular weight excluding hydrogens is 499 g/mol. The van der Waals surface area contributed by atoms with E-state index in [0.29, 0.717) is 50.0 Å². The van der Waals surface area contributed by atoms with Gasteiger partial charge in [0.05, 0.1) is 24.3 Å². The number of ether oxygens (including phenoxy) is 2. The molecule has 0 unspecified atom stereocenters. The van der Waals surface area contributed by atoms with Gasteiger partial charge in [-0.3, -0.25) is 9.59 Å². The number of hydrogen-bond donors (Lipinski definition) is 2. The summed E-state index contributed by atoms with van der Waals surface area (Å²) in [5, 5.41) is 8.67. The van der Waals surface area contributed by atoms with E-state index >= 15 is 4.39 Å². The second-order valence-electron chi connectivity index (χ2n) is 10.4. The molecule has 3 aromatic carbocycles. The number of hydrogen-bond acceptors (Lipinski definition) is 6. The predicted octanol–water partition coefficient (Wildman–Crippen LogP) is 4.27. The molecule has 0 radical (unpaired) electrons. The Labute approximate surface area is 224 Å². The molecule has 7 rings (SSSR count). The molecule has 8 nitrogen and oxygen atoms in total. The molecule has 2 saturated heterocycles. The van der Waals surface area contributed by atoms with Gasteiger partial charge < -0.3 is 29.6 Å². The number of aromatic nitrogens is 1. The fraction of sp³-hybridized carbons (Fsp3) is 0.333. The molecule has 4 heterocycles. The topological polar surface area (TPSA) is 84.8 Å². The molecule has 1 amide bonds. The van der Waals surface area contributed by atoms with Gasteiger partial charge in [-0.2, -0.15) is 0 Å². The summed E-state index contributed by atoms with van der Waals surface area (Å²) in [6, 6.07) is 12.9. The van der Waals surface area contributed by atoms with Crippen molar-refractivity contribution in [3.63, 3.8) is 0 Å². The zero-order chi connectivity index (χ0) is 26.5. The zero-order valence-corrected chi connectivity index (χ0v) is 21.5. The van der Waals surface area contributed by atoms with Gasteiger partial charge in [0, 0.05) is 31.2 Å². The van der Waals surface area contributed by atoms with Crippen molar-refractivity contribution in [3.8, 4) is 17.2 Å². The maximum absolute atomic E-state index is 15.8. The van der Waals surface area contributed by atoms with Gasteiger partial charge in [-0.25, -0.2) is 4.39 Å².